The topological polar surface area (TPSA) is 28.2 Å². The molecule has 1 aromatic rings. The SMILES string of the molecule is CCc1cc(CNC(C)(C)C)cc(N(C)C2CCC2)n1. The molecule has 1 aliphatic carbocycles. The van der Waals surface area contributed by atoms with Crippen molar-refractivity contribution in [3.05, 3.63) is 23.4 Å². The van der Waals surface area contributed by atoms with E-state index in [1.807, 2.05) is 0 Å². The third kappa shape index (κ3) is 3.95. The van der Waals surface area contributed by atoms with Crippen LogP contribution < -0.4 is 10.2 Å². The fourth-order valence-corrected chi connectivity index (χ4v) is 2.43. The van der Waals surface area contributed by atoms with Gasteiger partial charge in [0, 0.05) is 30.9 Å². The maximum atomic E-state index is 4.80. The van der Waals surface area contributed by atoms with Crippen LogP contribution in [0.1, 0.15) is 58.2 Å². The van der Waals surface area contributed by atoms with Crippen LogP contribution in [0.15, 0.2) is 12.1 Å². The maximum Gasteiger partial charge on any atom is 0.129 e. The van der Waals surface area contributed by atoms with E-state index in [9.17, 15) is 0 Å². The highest BCUT2D eigenvalue weighted by Gasteiger charge is 2.23. The van der Waals surface area contributed by atoms with E-state index in [1.54, 1.807) is 0 Å². The van der Waals surface area contributed by atoms with Gasteiger partial charge >= 0.3 is 0 Å². The minimum atomic E-state index is 0.148. The first-order valence-electron chi connectivity index (χ1n) is 7.87. The molecule has 3 heteroatoms. The van der Waals surface area contributed by atoms with Crippen LogP contribution in [0, 0.1) is 0 Å². The summed E-state index contributed by atoms with van der Waals surface area (Å²) in [6.07, 6.45) is 4.98. The molecule has 0 saturated heterocycles. The van der Waals surface area contributed by atoms with Crippen molar-refractivity contribution in [2.45, 2.75) is 71.5 Å². The van der Waals surface area contributed by atoms with Gasteiger partial charge in [0.15, 0.2) is 0 Å². The zero-order valence-corrected chi connectivity index (χ0v) is 13.7. The average Bonchev–Trinajstić information content (AvgIpc) is 2.33. The Labute approximate surface area is 123 Å². The largest absolute Gasteiger partial charge is 0.357 e. The van der Waals surface area contributed by atoms with Crippen LogP contribution in [0.2, 0.25) is 0 Å². The highest BCUT2D eigenvalue weighted by molar-refractivity contribution is 5.43. The summed E-state index contributed by atoms with van der Waals surface area (Å²) in [5.41, 5.74) is 2.68. The van der Waals surface area contributed by atoms with Gasteiger partial charge in [-0.15, -0.1) is 0 Å². The van der Waals surface area contributed by atoms with E-state index >= 15 is 0 Å². The quantitative estimate of drug-likeness (QED) is 0.891. The van der Waals surface area contributed by atoms with E-state index in [2.05, 4.69) is 57.1 Å². The van der Waals surface area contributed by atoms with Crippen LogP contribution >= 0.6 is 0 Å². The van der Waals surface area contributed by atoms with E-state index in [-0.39, 0.29) is 5.54 Å². The van der Waals surface area contributed by atoms with Gasteiger partial charge in [-0.05, 0) is 64.2 Å². The first kappa shape index (κ1) is 15.3. The van der Waals surface area contributed by atoms with E-state index in [4.69, 9.17) is 4.98 Å². The first-order valence-corrected chi connectivity index (χ1v) is 7.87. The van der Waals surface area contributed by atoms with Gasteiger partial charge in [0.1, 0.15) is 5.82 Å². The van der Waals surface area contributed by atoms with Gasteiger partial charge in [0.05, 0.1) is 0 Å². The molecule has 1 N–H and O–H groups in total. The molecule has 112 valence electrons. The number of pyridine rings is 1. The van der Waals surface area contributed by atoms with Crippen LogP contribution in [0.5, 0.6) is 0 Å². The Balaban J connectivity index is 2.15. The molecule has 1 heterocycles. The number of aromatic nitrogens is 1. The van der Waals surface area contributed by atoms with Crippen molar-refractivity contribution in [3.63, 3.8) is 0 Å². The summed E-state index contributed by atoms with van der Waals surface area (Å²) in [7, 11) is 2.19. The lowest BCUT2D eigenvalue weighted by Gasteiger charge is -2.36. The molecule has 0 unspecified atom stereocenters. The van der Waals surface area contributed by atoms with E-state index in [0.717, 1.165) is 18.8 Å². The summed E-state index contributed by atoms with van der Waals surface area (Å²) in [5, 5.41) is 3.57. The smallest absolute Gasteiger partial charge is 0.129 e. The molecule has 0 spiro atoms. The predicted octanol–water partition coefficient (Wildman–Crippen LogP) is 3.52. The molecular weight excluding hydrogens is 246 g/mol. The van der Waals surface area contributed by atoms with Crippen LogP contribution in [-0.2, 0) is 13.0 Å². The minimum absolute atomic E-state index is 0.148. The number of anilines is 1. The summed E-state index contributed by atoms with van der Waals surface area (Å²) in [6, 6.07) is 5.17. The second-order valence-corrected chi connectivity index (χ2v) is 6.98. The van der Waals surface area contributed by atoms with E-state index in [1.165, 1.54) is 30.5 Å². The maximum absolute atomic E-state index is 4.80. The van der Waals surface area contributed by atoms with Crippen molar-refractivity contribution in [1.29, 1.82) is 0 Å². The fourth-order valence-electron chi connectivity index (χ4n) is 2.43. The highest BCUT2D eigenvalue weighted by Crippen LogP contribution is 2.28. The van der Waals surface area contributed by atoms with Crippen molar-refractivity contribution in [3.8, 4) is 0 Å². The van der Waals surface area contributed by atoms with Crippen molar-refractivity contribution in [2.75, 3.05) is 11.9 Å². The molecule has 1 aromatic heterocycles. The highest BCUT2D eigenvalue weighted by atomic mass is 15.2. The minimum Gasteiger partial charge on any atom is -0.357 e. The second kappa shape index (κ2) is 6.13. The monoisotopic (exact) mass is 275 g/mol. The Kier molecular flexibility index (Phi) is 4.69. The number of aryl methyl sites for hydroxylation is 1. The van der Waals surface area contributed by atoms with Crippen molar-refractivity contribution >= 4 is 5.82 Å². The average molecular weight is 275 g/mol. The van der Waals surface area contributed by atoms with E-state index in [0.29, 0.717) is 6.04 Å². The Morgan fingerprint density at radius 1 is 1.30 bits per heavy atom. The Hall–Kier alpha value is -1.09. The molecule has 0 atom stereocenters. The molecule has 1 saturated carbocycles. The van der Waals surface area contributed by atoms with Crippen molar-refractivity contribution in [1.82, 2.24) is 10.3 Å². The molecular formula is C17H29N3. The van der Waals surface area contributed by atoms with E-state index < -0.39 is 0 Å². The zero-order valence-electron chi connectivity index (χ0n) is 13.7. The van der Waals surface area contributed by atoms with Gasteiger partial charge in [-0.1, -0.05) is 6.92 Å². The molecule has 3 nitrogen and oxygen atoms in total. The molecule has 20 heavy (non-hydrogen) atoms. The Bertz CT molecular complexity index is 444. The molecule has 1 fully saturated rings. The number of nitrogens with zero attached hydrogens (tertiary/aromatic N) is 2. The normalized spacial score (nSPS) is 16.1. The van der Waals surface area contributed by atoms with Crippen LogP contribution in [0.3, 0.4) is 0 Å². The van der Waals surface area contributed by atoms with Crippen LogP contribution in [-0.4, -0.2) is 23.6 Å². The van der Waals surface area contributed by atoms with Crippen LogP contribution in [0.4, 0.5) is 5.82 Å². The van der Waals surface area contributed by atoms with Gasteiger partial charge in [0.25, 0.3) is 0 Å². The lowest BCUT2D eigenvalue weighted by Crippen LogP contribution is -2.38. The Morgan fingerprint density at radius 3 is 2.50 bits per heavy atom. The van der Waals surface area contributed by atoms with Crippen molar-refractivity contribution in [2.24, 2.45) is 0 Å². The number of rotatable bonds is 5. The summed E-state index contributed by atoms with van der Waals surface area (Å²) in [6.45, 7) is 9.70. The molecule has 2 rings (SSSR count). The van der Waals surface area contributed by atoms with Gasteiger partial charge < -0.3 is 10.2 Å². The lowest BCUT2D eigenvalue weighted by atomic mass is 9.92. The molecule has 0 aromatic carbocycles. The molecule has 1 aliphatic rings. The molecule has 0 bridgehead atoms. The fraction of sp³-hybridized carbons (Fsp3) is 0.706. The summed E-state index contributed by atoms with van der Waals surface area (Å²) >= 11 is 0. The standard InChI is InChI=1S/C17H29N3/c1-6-14-10-13(12-18-17(2,3)4)11-16(19-14)20(5)15-8-7-9-15/h10-11,15,18H,6-9,12H2,1-5H3. The summed E-state index contributed by atoms with van der Waals surface area (Å²) < 4.78 is 0. The number of hydrogen-bond acceptors (Lipinski definition) is 3. The van der Waals surface area contributed by atoms with Gasteiger partial charge in [-0.2, -0.15) is 0 Å². The molecule has 0 radical (unpaired) electrons. The van der Waals surface area contributed by atoms with Gasteiger partial charge in [0.2, 0.25) is 0 Å². The second-order valence-electron chi connectivity index (χ2n) is 6.98. The zero-order chi connectivity index (χ0) is 14.8. The first-order chi connectivity index (χ1) is 9.39. The van der Waals surface area contributed by atoms with Crippen molar-refractivity contribution < 1.29 is 0 Å². The van der Waals surface area contributed by atoms with Gasteiger partial charge in [-0.3, -0.25) is 0 Å². The number of hydrogen-bond donors (Lipinski definition) is 1. The summed E-state index contributed by atoms with van der Waals surface area (Å²) in [5.74, 6) is 1.14. The third-order valence-electron chi connectivity index (χ3n) is 4.09. The molecule has 0 amide bonds. The summed E-state index contributed by atoms with van der Waals surface area (Å²) in [4.78, 5) is 7.16. The third-order valence-corrected chi connectivity index (χ3v) is 4.09. The van der Waals surface area contributed by atoms with Gasteiger partial charge in [-0.25, -0.2) is 4.98 Å². The van der Waals surface area contributed by atoms with Crippen LogP contribution in [0.25, 0.3) is 0 Å². The predicted molar refractivity (Wildman–Crippen MR) is 86.2 cm³/mol. The molecule has 0 aliphatic heterocycles. The number of nitrogens with one attached hydrogen (secondary N) is 1. The Morgan fingerprint density at radius 2 is 2.00 bits per heavy atom. The lowest BCUT2D eigenvalue weighted by molar-refractivity contribution is 0.398.